The average molecular weight is 294 g/mol. The second kappa shape index (κ2) is 6.27. The van der Waals surface area contributed by atoms with Crippen LogP contribution in [0.15, 0.2) is 48.5 Å². The number of nitrogen functional groups attached to an aromatic ring is 1. The van der Waals surface area contributed by atoms with Crippen molar-refractivity contribution in [3.63, 3.8) is 0 Å². The molecular weight excluding hydrogens is 268 g/mol. The minimum absolute atomic E-state index is 0.0743. The predicted octanol–water partition coefficient (Wildman–Crippen LogP) is 5.18. The Labute approximate surface area is 134 Å². The summed E-state index contributed by atoms with van der Waals surface area (Å²) in [5, 5.41) is 3.53. The van der Waals surface area contributed by atoms with Gasteiger partial charge in [0.2, 0.25) is 0 Å². The molecule has 0 atom stereocenters. The van der Waals surface area contributed by atoms with Crippen LogP contribution in [0.25, 0.3) is 5.57 Å². The van der Waals surface area contributed by atoms with Crippen LogP contribution in [0.3, 0.4) is 0 Å². The Morgan fingerprint density at radius 2 is 1.59 bits per heavy atom. The van der Waals surface area contributed by atoms with Gasteiger partial charge < -0.3 is 11.1 Å². The lowest BCUT2D eigenvalue weighted by Crippen LogP contribution is -2.31. The van der Waals surface area contributed by atoms with Crippen molar-refractivity contribution in [1.82, 2.24) is 0 Å². The van der Waals surface area contributed by atoms with Crippen LogP contribution in [0.5, 0.6) is 0 Å². The molecule has 0 amide bonds. The van der Waals surface area contributed by atoms with Gasteiger partial charge in [0.1, 0.15) is 0 Å². The Kier molecular flexibility index (Phi) is 4.60. The fourth-order valence-corrected chi connectivity index (χ4v) is 2.78. The molecule has 116 valence electrons. The van der Waals surface area contributed by atoms with Gasteiger partial charge in [-0.3, -0.25) is 0 Å². The summed E-state index contributed by atoms with van der Waals surface area (Å²) in [6, 6.07) is 14.4. The first kappa shape index (κ1) is 16.2. The van der Waals surface area contributed by atoms with E-state index in [1.807, 2.05) is 31.2 Å². The highest BCUT2D eigenvalue weighted by Crippen LogP contribution is 2.33. The zero-order valence-electron chi connectivity index (χ0n) is 14.2. The Bertz CT molecular complexity index is 679. The molecule has 2 aromatic rings. The number of anilines is 2. The number of nitrogens with two attached hydrogens (primary N) is 1. The quantitative estimate of drug-likeness (QED) is 0.657. The SMILES string of the molecule is CC1=CC(C)(C)Nc2cc(C)ccc21.Cc1cccc(N)c1. The van der Waals surface area contributed by atoms with Gasteiger partial charge in [-0.15, -0.1) is 0 Å². The highest BCUT2D eigenvalue weighted by atomic mass is 15.0. The number of hydrogen-bond donors (Lipinski definition) is 2. The molecule has 2 aromatic carbocycles. The molecule has 0 saturated heterocycles. The summed E-state index contributed by atoms with van der Waals surface area (Å²) in [5.41, 5.74) is 12.8. The Morgan fingerprint density at radius 1 is 0.909 bits per heavy atom. The molecule has 3 N–H and O–H groups in total. The topological polar surface area (TPSA) is 38.0 Å². The number of allylic oxidation sites excluding steroid dienone is 1. The van der Waals surface area contributed by atoms with E-state index in [1.54, 1.807) is 0 Å². The van der Waals surface area contributed by atoms with Gasteiger partial charge >= 0.3 is 0 Å². The van der Waals surface area contributed by atoms with Gasteiger partial charge in [0.25, 0.3) is 0 Å². The molecule has 0 aromatic heterocycles. The number of hydrogen-bond acceptors (Lipinski definition) is 2. The molecular formula is C20H26N2. The molecule has 2 nitrogen and oxygen atoms in total. The maximum atomic E-state index is 5.46. The lowest BCUT2D eigenvalue weighted by atomic mass is 9.91. The van der Waals surface area contributed by atoms with Gasteiger partial charge in [-0.25, -0.2) is 0 Å². The minimum Gasteiger partial charge on any atom is -0.399 e. The van der Waals surface area contributed by atoms with E-state index in [9.17, 15) is 0 Å². The number of aryl methyl sites for hydroxylation is 2. The first-order valence-electron chi connectivity index (χ1n) is 7.68. The van der Waals surface area contributed by atoms with E-state index in [2.05, 4.69) is 57.3 Å². The first-order valence-corrected chi connectivity index (χ1v) is 7.68. The molecule has 1 aliphatic heterocycles. The van der Waals surface area contributed by atoms with Crippen molar-refractivity contribution in [2.24, 2.45) is 0 Å². The molecule has 1 aliphatic rings. The van der Waals surface area contributed by atoms with Crippen LogP contribution < -0.4 is 11.1 Å². The highest BCUT2D eigenvalue weighted by molar-refractivity contribution is 5.80. The third kappa shape index (κ3) is 4.14. The Morgan fingerprint density at radius 3 is 2.18 bits per heavy atom. The van der Waals surface area contributed by atoms with E-state index < -0.39 is 0 Å². The van der Waals surface area contributed by atoms with E-state index in [-0.39, 0.29) is 5.54 Å². The monoisotopic (exact) mass is 294 g/mol. The number of nitrogens with one attached hydrogen (secondary N) is 1. The van der Waals surface area contributed by atoms with Crippen LogP contribution >= 0.6 is 0 Å². The van der Waals surface area contributed by atoms with Crippen molar-refractivity contribution in [2.45, 2.75) is 40.2 Å². The minimum atomic E-state index is 0.0743. The number of benzene rings is 2. The highest BCUT2D eigenvalue weighted by Gasteiger charge is 2.21. The lowest BCUT2D eigenvalue weighted by Gasteiger charge is -2.31. The lowest BCUT2D eigenvalue weighted by molar-refractivity contribution is 0.707. The van der Waals surface area contributed by atoms with Gasteiger partial charge in [-0.2, -0.15) is 0 Å². The summed E-state index contributed by atoms with van der Waals surface area (Å²) in [6.45, 7) is 10.7. The first-order chi connectivity index (χ1) is 10.3. The molecule has 0 radical (unpaired) electrons. The fourth-order valence-electron chi connectivity index (χ4n) is 2.78. The van der Waals surface area contributed by atoms with Gasteiger partial charge in [0, 0.05) is 16.9 Å². The summed E-state index contributed by atoms with van der Waals surface area (Å²) in [7, 11) is 0. The molecule has 0 spiro atoms. The van der Waals surface area contributed by atoms with E-state index in [0.29, 0.717) is 0 Å². The van der Waals surface area contributed by atoms with E-state index in [4.69, 9.17) is 5.73 Å². The van der Waals surface area contributed by atoms with Gasteiger partial charge in [-0.05, 0) is 69.5 Å². The van der Waals surface area contributed by atoms with Crippen molar-refractivity contribution in [3.8, 4) is 0 Å². The fraction of sp³-hybridized carbons (Fsp3) is 0.300. The normalized spacial score (nSPS) is 14.9. The molecule has 0 bridgehead atoms. The summed E-state index contributed by atoms with van der Waals surface area (Å²) >= 11 is 0. The van der Waals surface area contributed by atoms with Crippen molar-refractivity contribution < 1.29 is 0 Å². The Hall–Kier alpha value is -2.22. The molecule has 0 saturated carbocycles. The average Bonchev–Trinajstić information content (AvgIpc) is 2.36. The van der Waals surface area contributed by atoms with E-state index in [0.717, 1.165) is 5.69 Å². The molecule has 3 rings (SSSR count). The maximum absolute atomic E-state index is 5.46. The van der Waals surface area contributed by atoms with E-state index >= 15 is 0 Å². The standard InChI is InChI=1S/C13H17N.C7H9N/c1-9-5-6-11-10(2)8-13(3,4)14-12(11)7-9;1-6-3-2-4-7(8)5-6/h5-8,14H,1-4H3;2-5H,8H2,1H3. The molecule has 22 heavy (non-hydrogen) atoms. The van der Waals surface area contributed by atoms with Gasteiger partial charge in [-0.1, -0.05) is 30.3 Å². The van der Waals surface area contributed by atoms with Crippen molar-refractivity contribution in [1.29, 1.82) is 0 Å². The number of rotatable bonds is 0. The van der Waals surface area contributed by atoms with Crippen LogP contribution in [0.2, 0.25) is 0 Å². The third-order valence-corrected chi connectivity index (χ3v) is 3.68. The summed E-state index contributed by atoms with van der Waals surface area (Å²) in [4.78, 5) is 0. The molecule has 1 heterocycles. The van der Waals surface area contributed by atoms with Crippen LogP contribution in [-0.4, -0.2) is 5.54 Å². The molecule has 0 fully saturated rings. The molecule has 0 unspecified atom stereocenters. The van der Waals surface area contributed by atoms with Crippen molar-refractivity contribution in [2.75, 3.05) is 11.1 Å². The van der Waals surface area contributed by atoms with Crippen LogP contribution in [0.1, 0.15) is 37.5 Å². The maximum Gasteiger partial charge on any atom is 0.0505 e. The zero-order chi connectivity index (χ0) is 16.3. The van der Waals surface area contributed by atoms with Gasteiger partial charge in [0.15, 0.2) is 0 Å². The summed E-state index contributed by atoms with van der Waals surface area (Å²) in [6.07, 6.45) is 2.28. The van der Waals surface area contributed by atoms with Crippen LogP contribution in [0.4, 0.5) is 11.4 Å². The largest absolute Gasteiger partial charge is 0.399 e. The second-order valence-corrected chi connectivity index (χ2v) is 6.64. The third-order valence-electron chi connectivity index (χ3n) is 3.68. The Balaban J connectivity index is 0.000000188. The second-order valence-electron chi connectivity index (χ2n) is 6.64. The van der Waals surface area contributed by atoms with Crippen LogP contribution in [-0.2, 0) is 0 Å². The molecule has 0 aliphatic carbocycles. The number of fused-ring (bicyclic) bond motifs is 1. The smallest absolute Gasteiger partial charge is 0.0505 e. The van der Waals surface area contributed by atoms with E-state index in [1.165, 1.54) is 28.0 Å². The summed E-state index contributed by atoms with van der Waals surface area (Å²) < 4.78 is 0. The summed E-state index contributed by atoms with van der Waals surface area (Å²) in [5.74, 6) is 0. The van der Waals surface area contributed by atoms with Gasteiger partial charge in [0.05, 0.1) is 5.54 Å². The predicted molar refractivity (Wildman–Crippen MR) is 98.1 cm³/mol. The zero-order valence-corrected chi connectivity index (χ0v) is 14.2. The van der Waals surface area contributed by atoms with Crippen LogP contribution in [0, 0.1) is 13.8 Å². The van der Waals surface area contributed by atoms with Crippen molar-refractivity contribution in [3.05, 3.63) is 65.2 Å². The van der Waals surface area contributed by atoms with Crippen molar-refractivity contribution >= 4 is 16.9 Å². The molecule has 2 heteroatoms.